The van der Waals surface area contributed by atoms with E-state index in [1.165, 1.54) is 19.2 Å². The first kappa shape index (κ1) is 25.6. The number of rotatable bonds is 10. The van der Waals surface area contributed by atoms with Gasteiger partial charge in [-0.25, -0.2) is 8.42 Å². The molecule has 0 radical (unpaired) electrons. The summed E-state index contributed by atoms with van der Waals surface area (Å²) in [5.74, 6) is 0.555. The van der Waals surface area contributed by atoms with Crippen LogP contribution < -0.4 is 19.5 Å². The van der Waals surface area contributed by atoms with Gasteiger partial charge in [-0.3, -0.25) is 4.79 Å². The number of carbonyl (C=O) groups is 1. The number of methoxy groups -OCH3 is 1. The second-order valence-corrected chi connectivity index (χ2v) is 9.68. The summed E-state index contributed by atoms with van der Waals surface area (Å²) in [5.41, 5.74) is 1.91. The fourth-order valence-electron chi connectivity index (χ4n) is 3.37. The number of aryl methyl sites for hydroxylation is 1. The number of anilines is 1. The van der Waals surface area contributed by atoms with Gasteiger partial charge in [-0.15, -0.1) is 0 Å². The third kappa shape index (κ3) is 6.50. The van der Waals surface area contributed by atoms with E-state index in [-0.39, 0.29) is 11.3 Å². The zero-order valence-electron chi connectivity index (χ0n) is 19.2. The van der Waals surface area contributed by atoms with Gasteiger partial charge in [0.05, 0.1) is 23.6 Å². The quantitative estimate of drug-likeness (QED) is 0.423. The van der Waals surface area contributed by atoms with Gasteiger partial charge < -0.3 is 14.8 Å². The molecule has 1 amide bonds. The number of nitrogens with one attached hydrogen (secondary N) is 2. The molecule has 34 heavy (non-hydrogen) atoms. The van der Waals surface area contributed by atoms with E-state index in [2.05, 4.69) is 10.0 Å². The largest absolute Gasteiger partial charge is 0.495 e. The Hall–Kier alpha value is -3.07. The van der Waals surface area contributed by atoms with Crippen LogP contribution in [0, 0.1) is 6.92 Å². The second kappa shape index (κ2) is 11.4. The maximum Gasteiger partial charge on any atom is 0.242 e. The maximum atomic E-state index is 13.2. The molecular formula is C25H27ClN2O5S. The minimum absolute atomic E-state index is 0.0480. The highest BCUT2D eigenvalue weighted by atomic mass is 35.5. The molecule has 2 N–H and O–H groups in total. The summed E-state index contributed by atoms with van der Waals surface area (Å²) in [6.45, 7) is 4.10. The Balaban J connectivity index is 1.87. The lowest BCUT2D eigenvalue weighted by Crippen LogP contribution is -2.45. The first-order valence-electron chi connectivity index (χ1n) is 10.7. The number of carbonyl (C=O) groups excluding carboxylic acids is 1. The third-order valence-corrected chi connectivity index (χ3v) is 6.84. The van der Waals surface area contributed by atoms with Gasteiger partial charge in [0.2, 0.25) is 15.9 Å². The Kier molecular flexibility index (Phi) is 8.55. The van der Waals surface area contributed by atoms with Crippen molar-refractivity contribution in [2.24, 2.45) is 0 Å². The summed E-state index contributed by atoms with van der Waals surface area (Å²) in [5, 5.41) is 3.06. The number of hydrogen-bond donors (Lipinski definition) is 2. The highest BCUT2D eigenvalue weighted by Crippen LogP contribution is 2.27. The lowest BCUT2D eigenvalue weighted by molar-refractivity contribution is -0.117. The van der Waals surface area contributed by atoms with Gasteiger partial charge in [0.1, 0.15) is 17.5 Å². The van der Waals surface area contributed by atoms with Crippen molar-refractivity contribution in [1.82, 2.24) is 4.72 Å². The van der Waals surface area contributed by atoms with Crippen LogP contribution in [-0.2, 0) is 21.2 Å². The predicted molar refractivity (Wildman–Crippen MR) is 133 cm³/mol. The van der Waals surface area contributed by atoms with Gasteiger partial charge in [-0.05, 0) is 67.8 Å². The van der Waals surface area contributed by atoms with Crippen LogP contribution in [0.5, 0.6) is 11.5 Å². The molecule has 0 spiro atoms. The van der Waals surface area contributed by atoms with Crippen LogP contribution in [0.3, 0.4) is 0 Å². The van der Waals surface area contributed by atoms with Crippen molar-refractivity contribution in [2.45, 2.75) is 31.2 Å². The van der Waals surface area contributed by atoms with Gasteiger partial charge in [-0.1, -0.05) is 41.9 Å². The van der Waals surface area contributed by atoms with E-state index < -0.39 is 22.0 Å². The molecular weight excluding hydrogens is 476 g/mol. The van der Waals surface area contributed by atoms with Crippen molar-refractivity contribution in [3.63, 3.8) is 0 Å². The van der Waals surface area contributed by atoms with Crippen LogP contribution >= 0.6 is 11.6 Å². The van der Waals surface area contributed by atoms with E-state index >= 15 is 0 Å². The molecule has 0 aliphatic carbocycles. The van der Waals surface area contributed by atoms with Crippen LogP contribution in [0.4, 0.5) is 5.69 Å². The van der Waals surface area contributed by atoms with Crippen molar-refractivity contribution in [3.05, 3.63) is 82.9 Å². The Labute approximate surface area is 205 Å². The lowest BCUT2D eigenvalue weighted by Gasteiger charge is -2.19. The van der Waals surface area contributed by atoms with E-state index in [0.29, 0.717) is 34.4 Å². The molecule has 0 heterocycles. The minimum Gasteiger partial charge on any atom is -0.495 e. The van der Waals surface area contributed by atoms with E-state index in [1.54, 1.807) is 31.2 Å². The summed E-state index contributed by atoms with van der Waals surface area (Å²) in [7, 11) is -2.51. The standard InChI is InChI=1S/C25H27ClN2O5S/c1-4-33-23-13-11-20(14-17(23)2)34(30,31)28-22(15-18-8-6-5-7-9-18)25(29)27-19-10-12-24(32-3)21(26)16-19/h5-14,16,22,28H,4,15H2,1-3H3,(H,27,29). The molecule has 3 rings (SSSR count). The molecule has 0 aliphatic rings. The van der Waals surface area contributed by atoms with Gasteiger partial charge in [0.25, 0.3) is 0 Å². The highest BCUT2D eigenvalue weighted by Gasteiger charge is 2.27. The van der Waals surface area contributed by atoms with Crippen LogP contribution in [0.2, 0.25) is 5.02 Å². The van der Waals surface area contributed by atoms with Crippen molar-refractivity contribution in [3.8, 4) is 11.5 Å². The molecule has 0 aliphatic heterocycles. The fraction of sp³-hybridized carbons (Fsp3) is 0.240. The second-order valence-electron chi connectivity index (χ2n) is 7.56. The Morgan fingerprint density at radius 2 is 1.74 bits per heavy atom. The zero-order chi connectivity index (χ0) is 24.7. The zero-order valence-corrected chi connectivity index (χ0v) is 20.7. The summed E-state index contributed by atoms with van der Waals surface area (Å²) in [6, 6.07) is 17.5. The number of benzene rings is 3. The molecule has 3 aromatic rings. The average molecular weight is 503 g/mol. The minimum atomic E-state index is -4.00. The summed E-state index contributed by atoms with van der Waals surface area (Å²) < 4.78 is 39.5. The van der Waals surface area contributed by atoms with Crippen molar-refractivity contribution in [1.29, 1.82) is 0 Å². The summed E-state index contributed by atoms with van der Waals surface area (Å²) in [4.78, 5) is 13.2. The predicted octanol–water partition coefficient (Wildman–Crippen LogP) is 4.58. The average Bonchev–Trinajstić information content (AvgIpc) is 2.80. The van der Waals surface area contributed by atoms with Crippen molar-refractivity contribution in [2.75, 3.05) is 19.0 Å². The Morgan fingerprint density at radius 3 is 2.35 bits per heavy atom. The molecule has 0 aromatic heterocycles. The molecule has 7 nitrogen and oxygen atoms in total. The van der Waals surface area contributed by atoms with Crippen LogP contribution in [0.1, 0.15) is 18.1 Å². The molecule has 1 unspecified atom stereocenters. The first-order valence-corrected chi connectivity index (χ1v) is 12.5. The van der Waals surface area contributed by atoms with Gasteiger partial charge in [-0.2, -0.15) is 4.72 Å². The van der Waals surface area contributed by atoms with Crippen LogP contribution in [0.15, 0.2) is 71.6 Å². The van der Waals surface area contributed by atoms with Gasteiger partial charge in [0.15, 0.2) is 0 Å². The number of hydrogen-bond acceptors (Lipinski definition) is 5. The smallest absolute Gasteiger partial charge is 0.242 e. The first-order chi connectivity index (χ1) is 16.2. The lowest BCUT2D eigenvalue weighted by atomic mass is 10.1. The van der Waals surface area contributed by atoms with Crippen LogP contribution in [-0.4, -0.2) is 34.1 Å². The molecule has 9 heteroatoms. The maximum absolute atomic E-state index is 13.2. The summed E-state index contributed by atoms with van der Waals surface area (Å²) >= 11 is 6.16. The van der Waals surface area contributed by atoms with E-state index in [0.717, 1.165) is 5.56 Å². The van der Waals surface area contributed by atoms with Gasteiger partial charge in [0, 0.05) is 5.69 Å². The molecule has 0 fully saturated rings. The molecule has 180 valence electrons. The molecule has 3 aromatic carbocycles. The monoisotopic (exact) mass is 502 g/mol. The number of halogens is 1. The van der Waals surface area contributed by atoms with Crippen LogP contribution in [0.25, 0.3) is 0 Å². The van der Waals surface area contributed by atoms with E-state index in [1.807, 2.05) is 37.3 Å². The third-order valence-electron chi connectivity index (χ3n) is 5.07. The molecule has 0 saturated carbocycles. The van der Waals surface area contributed by atoms with Crippen molar-refractivity contribution >= 4 is 33.2 Å². The molecule has 0 saturated heterocycles. The fourth-order valence-corrected chi connectivity index (χ4v) is 4.91. The SMILES string of the molecule is CCOc1ccc(S(=O)(=O)NC(Cc2ccccc2)C(=O)Nc2ccc(OC)c(Cl)c2)cc1C. The summed E-state index contributed by atoms with van der Waals surface area (Å²) in [6.07, 6.45) is 0.159. The van der Waals surface area contributed by atoms with Gasteiger partial charge >= 0.3 is 0 Å². The normalized spacial score (nSPS) is 12.1. The molecule has 0 bridgehead atoms. The Morgan fingerprint density at radius 1 is 1.03 bits per heavy atom. The Bertz CT molecular complexity index is 1250. The van der Waals surface area contributed by atoms with Crippen molar-refractivity contribution < 1.29 is 22.7 Å². The highest BCUT2D eigenvalue weighted by molar-refractivity contribution is 7.89. The number of amides is 1. The number of sulfonamides is 1. The number of ether oxygens (including phenoxy) is 2. The van der Waals surface area contributed by atoms with E-state index in [4.69, 9.17) is 21.1 Å². The topological polar surface area (TPSA) is 93.7 Å². The van der Waals surface area contributed by atoms with E-state index in [9.17, 15) is 13.2 Å². The molecule has 1 atom stereocenters.